The first-order valence-electron chi connectivity index (χ1n) is 12.1. The van der Waals surface area contributed by atoms with Crippen molar-refractivity contribution in [2.45, 2.75) is 64.4 Å². The fourth-order valence-corrected chi connectivity index (χ4v) is 5.03. The Labute approximate surface area is 208 Å². The van der Waals surface area contributed by atoms with Gasteiger partial charge in [-0.15, -0.1) is 0 Å². The molecule has 1 saturated carbocycles. The van der Waals surface area contributed by atoms with E-state index in [1.54, 1.807) is 18.2 Å². The molecular weight excluding hydrogens is 467 g/mol. The molecule has 182 valence electrons. The molecule has 7 heteroatoms. The van der Waals surface area contributed by atoms with Crippen LogP contribution >= 0.6 is 11.6 Å². The van der Waals surface area contributed by atoms with E-state index in [1.807, 2.05) is 39.0 Å². The van der Waals surface area contributed by atoms with Crippen LogP contribution < -0.4 is 0 Å². The normalized spacial score (nSPS) is 18.4. The summed E-state index contributed by atoms with van der Waals surface area (Å²) in [5.41, 5.74) is 2.47. The summed E-state index contributed by atoms with van der Waals surface area (Å²) in [5.74, 6) is -0.954. The van der Waals surface area contributed by atoms with Crippen LogP contribution in [0.1, 0.15) is 80.4 Å². The first-order chi connectivity index (χ1) is 16.6. The van der Waals surface area contributed by atoms with Gasteiger partial charge < -0.3 is 4.74 Å². The Morgan fingerprint density at radius 3 is 2.51 bits per heavy atom. The Morgan fingerprint density at radius 2 is 1.86 bits per heavy atom. The van der Waals surface area contributed by atoms with Crippen LogP contribution in [-0.4, -0.2) is 27.3 Å². The molecule has 1 atom stereocenters. The van der Waals surface area contributed by atoms with Gasteiger partial charge in [0, 0.05) is 0 Å². The number of halogens is 2. The highest BCUT2D eigenvalue weighted by atomic mass is 35.5. The molecule has 35 heavy (non-hydrogen) atoms. The zero-order chi connectivity index (χ0) is 24.9. The van der Waals surface area contributed by atoms with Crippen molar-refractivity contribution in [2.75, 3.05) is 0 Å². The van der Waals surface area contributed by atoms with Crippen molar-refractivity contribution in [3.05, 3.63) is 70.1 Å². The molecule has 0 aliphatic heterocycles. The maximum absolute atomic E-state index is 15.1. The summed E-state index contributed by atoms with van der Waals surface area (Å²) in [7, 11) is 0. The second kappa shape index (κ2) is 8.90. The number of fused-ring (bicyclic) bond motifs is 1. The van der Waals surface area contributed by atoms with Gasteiger partial charge >= 0.3 is 5.97 Å². The van der Waals surface area contributed by atoms with Gasteiger partial charge in [-0.3, -0.25) is 9.59 Å². The van der Waals surface area contributed by atoms with E-state index < -0.39 is 11.4 Å². The van der Waals surface area contributed by atoms with E-state index >= 15 is 4.39 Å². The molecule has 5 rings (SSSR count). The molecule has 0 amide bonds. The molecule has 1 heterocycles. The van der Waals surface area contributed by atoms with Gasteiger partial charge in [0.15, 0.2) is 0 Å². The highest BCUT2D eigenvalue weighted by Gasteiger charge is 2.32. The molecule has 0 bridgehead atoms. The zero-order valence-electron chi connectivity index (χ0n) is 20.1. The maximum Gasteiger partial charge on any atom is 0.309 e. The average molecular weight is 495 g/mol. The van der Waals surface area contributed by atoms with Crippen LogP contribution in [0, 0.1) is 11.7 Å². The quantitative estimate of drug-likeness (QED) is 0.369. The van der Waals surface area contributed by atoms with Crippen molar-refractivity contribution in [3.63, 3.8) is 0 Å². The van der Waals surface area contributed by atoms with Crippen molar-refractivity contribution >= 4 is 40.0 Å². The number of rotatable bonds is 4. The summed E-state index contributed by atoms with van der Waals surface area (Å²) in [6.45, 7) is 5.55. The summed E-state index contributed by atoms with van der Waals surface area (Å²) in [6.07, 6.45) is 5.56. The van der Waals surface area contributed by atoms with Crippen LogP contribution in [0.2, 0.25) is 5.02 Å². The van der Waals surface area contributed by atoms with Gasteiger partial charge in [0.05, 0.1) is 33.1 Å². The van der Waals surface area contributed by atoms with Crippen LogP contribution in [0.4, 0.5) is 4.39 Å². The molecule has 1 aromatic heterocycles. The first-order valence-corrected chi connectivity index (χ1v) is 12.4. The lowest BCUT2D eigenvalue weighted by atomic mass is 9.87. The second-order valence-corrected chi connectivity index (χ2v) is 10.8. The Morgan fingerprint density at radius 1 is 1.11 bits per heavy atom. The number of ether oxygens (including phenoxy) is 1. The monoisotopic (exact) mass is 494 g/mol. The predicted molar refractivity (Wildman–Crippen MR) is 134 cm³/mol. The largest absolute Gasteiger partial charge is 0.460 e. The number of carbonyl (C=O) groups excluding carboxylic acids is 2. The third-order valence-corrected chi connectivity index (χ3v) is 6.90. The van der Waals surface area contributed by atoms with E-state index in [0.29, 0.717) is 52.4 Å². The lowest BCUT2D eigenvalue weighted by molar-refractivity contribution is -0.160. The Balaban J connectivity index is 1.53. The molecule has 0 saturated heterocycles. The van der Waals surface area contributed by atoms with Gasteiger partial charge in [-0.1, -0.05) is 35.9 Å². The Hall–Kier alpha value is -2.99. The van der Waals surface area contributed by atoms with Crippen LogP contribution in [0.25, 0.3) is 16.5 Å². The smallest absolute Gasteiger partial charge is 0.309 e. The number of esters is 1. The van der Waals surface area contributed by atoms with E-state index in [9.17, 15) is 9.59 Å². The van der Waals surface area contributed by atoms with Gasteiger partial charge in [-0.25, -0.2) is 4.39 Å². The Bertz CT molecular complexity index is 1360. The van der Waals surface area contributed by atoms with Crippen molar-refractivity contribution in [2.24, 2.45) is 5.92 Å². The standard InChI is InChI=1S/C28H28ClFN2O3/c1-28(2,3)35-27(34)18-14-12-17(13-15-18)25-24-21(30)8-5-9-22(24)32(31-25)26(33)23-19(16-10-11-16)6-4-7-20(23)29/h4-9,12,16,18H,10-11,13-15H2,1-3H3/t18-/m1/s1. The molecule has 2 aliphatic carbocycles. The summed E-state index contributed by atoms with van der Waals surface area (Å²) < 4.78 is 21.9. The first kappa shape index (κ1) is 23.7. The minimum Gasteiger partial charge on any atom is -0.460 e. The number of carbonyl (C=O) groups is 2. The van der Waals surface area contributed by atoms with E-state index in [1.165, 1.54) is 10.7 Å². The lowest BCUT2D eigenvalue weighted by Crippen LogP contribution is -2.29. The van der Waals surface area contributed by atoms with E-state index in [4.69, 9.17) is 16.3 Å². The average Bonchev–Trinajstić information content (AvgIpc) is 3.58. The fourth-order valence-electron chi connectivity index (χ4n) is 4.76. The van der Waals surface area contributed by atoms with Crippen LogP contribution in [0.5, 0.6) is 0 Å². The number of aromatic nitrogens is 2. The van der Waals surface area contributed by atoms with Gasteiger partial charge in [0.2, 0.25) is 0 Å². The number of benzene rings is 2. The van der Waals surface area contributed by atoms with E-state index in [2.05, 4.69) is 5.10 Å². The molecule has 0 spiro atoms. The molecule has 1 fully saturated rings. The van der Waals surface area contributed by atoms with Crippen LogP contribution in [-0.2, 0) is 9.53 Å². The summed E-state index contributed by atoms with van der Waals surface area (Å²) >= 11 is 6.48. The van der Waals surface area contributed by atoms with Crippen molar-refractivity contribution in [1.82, 2.24) is 9.78 Å². The molecule has 5 nitrogen and oxygen atoms in total. The van der Waals surface area contributed by atoms with E-state index in [0.717, 1.165) is 24.0 Å². The molecule has 0 N–H and O–H groups in total. The molecular formula is C28H28ClFN2O3. The van der Waals surface area contributed by atoms with Gasteiger partial charge in [0.25, 0.3) is 5.91 Å². The summed E-state index contributed by atoms with van der Waals surface area (Å²) in [6, 6.07) is 10.1. The predicted octanol–water partition coefficient (Wildman–Crippen LogP) is 6.92. The number of hydrogen-bond acceptors (Lipinski definition) is 4. The van der Waals surface area contributed by atoms with E-state index in [-0.39, 0.29) is 17.8 Å². The molecule has 2 aromatic carbocycles. The molecule has 2 aliphatic rings. The SMILES string of the molecule is CC(C)(C)OC(=O)[C@@H]1CC=C(c2nn(C(=O)c3c(Cl)cccc3C3CC3)c3cccc(F)c23)CC1. The minimum atomic E-state index is -0.544. The van der Waals surface area contributed by atoms with Crippen LogP contribution in [0.15, 0.2) is 42.5 Å². The fraction of sp³-hybridized carbons (Fsp3) is 0.393. The minimum absolute atomic E-state index is 0.226. The third kappa shape index (κ3) is 4.64. The highest BCUT2D eigenvalue weighted by Crippen LogP contribution is 2.44. The van der Waals surface area contributed by atoms with Gasteiger partial charge in [0.1, 0.15) is 11.4 Å². The van der Waals surface area contributed by atoms with Gasteiger partial charge in [-0.2, -0.15) is 9.78 Å². The van der Waals surface area contributed by atoms with Crippen molar-refractivity contribution in [3.8, 4) is 0 Å². The van der Waals surface area contributed by atoms with Crippen molar-refractivity contribution in [1.29, 1.82) is 0 Å². The zero-order valence-corrected chi connectivity index (χ0v) is 20.9. The second-order valence-electron chi connectivity index (χ2n) is 10.4. The van der Waals surface area contributed by atoms with Crippen LogP contribution in [0.3, 0.4) is 0 Å². The van der Waals surface area contributed by atoms with Gasteiger partial charge in [-0.05, 0) is 88.1 Å². The molecule has 3 aromatic rings. The highest BCUT2D eigenvalue weighted by molar-refractivity contribution is 6.34. The third-order valence-electron chi connectivity index (χ3n) is 6.58. The summed E-state index contributed by atoms with van der Waals surface area (Å²) in [4.78, 5) is 26.2. The number of nitrogens with zero attached hydrogens (tertiary/aromatic N) is 2. The summed E-state index contributed by atoms with van der Waals surface area (Å²) in [5, 5.41) is 5.31. The van der Waals surface area contributed by atoms with Crippen molar-refractivity contribution < 1.29 is 18.7 Å². The number of hydrogen-bond donors (Lipinski definition) is 0. The molecule has 0 unspecified atom stereocenters. The lowest BCUT2D eigenvalue weighted by Gasteiger charge is -2.25. The Kier molecular flexibility index (Phi) is 6.04. The maximum atomic E-state index is 15.1. The molecule has 0 radical (unpaired) electrons. The number of allylic oxidation sites excluding steroid dienone is 2. The topological polar surface area (TPSA) is 61.2 Å².